The number of hydrogen-bond acceptors (Lipinski definition) is 10. The molecule has 0 spiro atoms. The fourth-order valence-electron chi connectivity index (χ4n) is 9.74. The van der Waals surface area contributed by atoms with Crippen molar-refractivity contribution in [2.75, 3.05) is 43.4 Å². The van der Waals surface area contributed by atoms with E-state index in [9.17, 15) is 14.4 Å². The minimum absolute atomic E-state index is 0.0247. The number of amides is 1. The van der Waals surface area contributed by atoms with Gasteiger partial charge < -0.3 is 20.3 Å². The lowest BCUT2D eigenvalue weighted by Crippen LogP contribution is -2.47. The van der Waals surface area contributed by atoms with Crippen LogP contribution in [0.15, 0.2) is 24.4 Å². The van der Waals surface area contributed by atoms with Crippen LogP contribution in [-0.4, -0.2) is 91.9 Å². The molecule has 3 saturated heterocycles. The summed E-state index contributed by atoms with van der Waals surface area (Å²) in [5.41, 5.74) is 8.00. The minimum Gasteiger partial charge on any atom is -0.461 e. The number of fused-ring (bicyclic) bond motifs is 3. The number of aromatic nitrogens is 4. The molecule has 15 heteroatoms. The maximum absolute atomic E-state index is 17.8. The van der Waals surface area contributed by atoms with Crippen LogP contribution in [0.1, 0.15) is 80.9 Å². The average molecular weight is 784 g/mol. The number of carbonyl (C=O) groups excluding carboxylic acids is 1. The predicted octanol–water partition coefficient (Wildman–Crippen LogP) is 7.85. The van der Waals surface area contributed by atoms with Crippen molar-refractivity contribution in [1.82, 2.24) is 29.3 Å². The summed E-state index contributed by atoms with van der Waals surface area (Å²) in [5.74, 6) is -0.0198. The third-order valence-electron chi connectivity index (χ3n) is 12.5. The molecule has 2 N–H and O–H groups in total. The number of carbonyl (C=O) groups is 1. The van der Waals surface area contributed by atoms with Gasteiger partial charge in [0.2, 0.25) is 0 Å². The van der Waals surface area contributed by atoms with E-state index in [1.165, 1.54) is 12.1 Å². The van der Waals surface area contributed by atoms with Crippen LogP contribution in [0.2, 0.25) is 0 Å². The van der Waals surface area contributed by atoms with Crippen LogP contribution in [0, 0.1) is 36.8 Å². The topological polar surface area (TPSA) is 129 Å². The zero-order chi connectivity index (χ0) is 39.2. The van der Waals surface area contributed by atoms with E-state index >= 15 is 8.78 Å². The number of alkyl halides is 1. The van der Waals surface area contributed by atoms with Crippen molar-refractivity contribution in [3.63, 3.8) is 0 Å². The standard InChI is InChI=1S/C41H44F3N9O2S/c1-5-51(31-11-14-52(22(31)3)40(54)53-18-21(2)47-23(53)4)38-28-15-27(24-7-8-24)32(26-9-10-30(43)36-33(26)29(17-45)37(46)56-36)34(44)35(28)48-39(49-38)55-20-41-12-6-13-50(41)19-25(42)16-41/h9-10,15,18,22,24-25,31H,5-8,11-14,16,19-20,46H2,1-4H3/t22-,25-,31-,41+/m1/s1. The summed E-state index contributed by atoms with van der Waals surface area (Å²) >= 11 is 0.974. The van der Waals surface area contributed by atoms with Crippen molar-refractivity contribution in [3.05, 3.63) is 58.7 Å². The summed E-state index contributed by atoms with van der Waals surface area (Å²) in [5, 5.41) is 11.1. The lowest BCUT2D eigenvalue weighted by molar-refractivity contribution is 0.107. The molecular formula is C41H44F3N9O2S. The van der Waals surface area contributed by atoms with Gasteiger partial charge in [-0.3, -0.25) is 9.47 Å². The van der Waals surface area contributed by atoms with Gasteiger partial charge in [0.15, 0.2) is 5.82 Å². The summed E-state index contributed by atoms with van der Waals surface area (Å²) < 4.78 is 55.9. The zero-order valence-corrected chi connectivity index (χ0v) is 32.7. The Bertz CT molecular complexity index is 2460. The molecule has 5 aromatic rings. The number of nitrogens with zero attached hydrogens (tertiary/aromatic N) is 8. The fourth-order valence-corrected chi connectivity index (χ4v) is 10.7. The van der Waals surface area contributed by atoms with Gasteiger partial charge in [-0.15, -0.1) is 11.3 Å². The van der Waals surface area contributed by atoms with Gasteiger partial charge in [-0.2, -0.15) is 15.2 Å². The summed E-state index contributed by atoms with van der Waals surface area (Å²) in [6, 6.07) is 6.29. The molecule has 6 heterocycles. The number of imidazole rings is 1. The Morgan fingerprint density at radius 1 is 1.18 bits per heavy atom. The SMILES string of the molecule is CCN(c1nc(OC[C@@]23CCCN2C[C@H](F)C3)nc2c(F)c(-c3ccc(F)c4sc(N)c(C#N)c34)c(C3CC3)cc12)[C@@H]1CCN(C(=O)n2cc(C)nc2C)[C@@H]1C. The van der Waals surface area contributed by atoms with Crippen molar-refractivity contribution in [1.29, 1.82) is 5.26 Å². The van der Waals surface area contributed by atoms with E-state index in [0.29, 0.717) is 55.1 Å². The first-order valence-electron chi connectivity index (χ1n) is 19.5. The van der Waals surface area contributed by atoms with Gasteiger partial charge in [0.1, 0.15) is 46.8 Å². The monoisotopic (exact) mass is 783 g/mol. The predicted molar refractivity (Wildman–Crippen MR) is 210 cm³/mol. The number of nitrogens with two attached hydrogens (primary N) is 1. The van der Waals surface area contributed by atoms with E-state index in [1.807, 2.05) is 38.7 Å². The number of rotatable bonds is 8. The van der Waals surface area contributed by atoms with Crippen molar-refractivity contribution < 1.29 is 22.7 Å². The lowest BCUT2D eigenvalue weighted by atomic mass is 9.90. The first-order chi connectivity index (χ1) is 26.9. The van der Waals surface area contributed by atoms with Crippen molar-refractivity contribution in [2.24, 2.45) is 0 Å². The van der Waals surface area contributed by atoms with Gasteiger partial charge in [-0.25, -0.2) is 22.9 Å². The smallest absolute Gasteiger partial charge is 0.329 e. The van der Waals surface area contributed by atoms with Gasteiger partial charge in [-0.05, 0) is 95.5 Å². The van der Waals surface area contributed by atoms with Crippen LogP contribution >= 0.6 is 11.3 Å². The van der Waals surface area contributed by atoms with E-state index in [4.69, 9.17) is 20.4 Å². The minimum atomic E-state index is -0.954. The van der Waals surface area contributed by atoms with Crippen molar-refractivity contribution >= 4 is 49.2 Å². The molecule has 3 aliphatic heterocycles. The number of anilines is 2. The molecule has 0 radical (unpaired) electrons. The molecule has 1 amide bonds. The Morgan fingerprint density at radius 3 is 2.70 bits per heavy atom. The number of thiophene rings is 1. The highest BCUT2D eigenvalue weighted by Crippen LogP contribution is 2.51. The molecule has 4 fully saturated rings. The summed E-state index contributed by atoms with van der Waals surface area (Å²) in [4.78, 5) is 34.2. The normalized spacial score (nSPS) is 23.7. The molecule has 1 aliphatic carbocycles. The van der Waals surface area contributed by atoms with Crippen LogP contribution in [0.5, 0.6) is 6.01 Å². The largest absolute Gasteiger partial charge is 0.461 e. The molecular weight excluding hydrogens is 740 g/mol. The Balaban J connectivity index is 1.20. The Hall–Kier alpha value is -4.94. The Kier molecular flexibility index (Phi) is 8.92. The molecule has 292 valence electrons. The van der Waals surface area contributed by atoms with E-state index in [2.05, 4.69) is 20.9 Å². The molecule has 0 bridgehead atoms. The number of benzene rings is 2. The van der Waals surface area contributed by atoms with Gasteiger partial charge in [-0.1, -0.05) is 6.07 Å². The quantitative estimate of drug-likeness (QED) is 0.167. The number of likely N-dealkylation sites (tertiary alicyclic amines) is 1. The summed E-state index contributed by atoms with van der Waals surface area (Å²) in [6.07, 6.45) is 5.18. The van der Waals surface area contributed by atoms with Crippen LogP contribution in [0.3, 0.4) is 0 Å². The van der Waals surface area contributed by atoms with E-state index in [-0.39, 0.29) is 68.4 Å². The second-order valence-electron chi connectivity index (χ2n) is 15.9. The molecule has 9 rings (SSSR count). The first-order valence-corrected chi connectivity index (χ1v) is 20.3. The van der Waals surface area contributed by atoms with Gasteiger partial charge in [0.05, 0.1) is 33.6 Å². The zero-order valence-electron chi connectivity index (χ0n) is 31.9. The van der Waals surface area contributed by atoms with E-state index < -0.39 is 23.3 Å². The van der Waals surface area contributed by atoms with Crippen LogP contribution in [0.25, 0.3) is 32.1 Å². The molecule has 0 unspecified atom stereocenters. The first kappa shape index (κ1) is 36.7. The highest BCUT2D eigenvalue weighted by atomic mass is 32.1. The summed E-state index contributed by atoms with van der Waals surface area (Å²) in [6.45, 7) is 10.00. The van der Waals surface area contributed by atoms with Gasteiger partial charge in [0, 0.05) is 48.6 Å². The number of halogens is 3. The fraction of sp³-hybridized carbons (Fsp3) is 0.488. The Morgan fingerprint density at radius 2 is 1.98 bits per heavy atom. The second kappa shape index (κ2) is 13.6. The number of ether oxygens (including phenoxy) is 1. The highest BCUT2D eigenvalue weighted by Gasteiger charge is 2.49. The number of nitriles is 1. The third-order valence-corrected chi connectivity index (χ3v) is 13.6. The number of hydrogen-bond donors (Lipinski definition) is 1. The molecule has 4 aliphatic rings. The summed E-state index contributed by atoms with van der Waals surface area (Å²) in [7, 11) is 0. The third kappa shape index (κ3) is 5.78. The molecule has 1 saturated carbocycles. The lowest BCUT2D eigenvalue weighted by Gasteiger charge is -2.35. The second-order valence-corrected chi connectivity index (χ2v) is 17.0. The molecule has 2 aromatic carbocycles. The van der Waals surface area contributed by atoms with E-state index in [1.54, 1.807) is 10.8 Å². The molecule has 56 heavy (non-hydrogen) atoms. The van der Waals surface area contributed by atoms with Crippen LogP contribution < -0.4 is 15.4 Å². The number of likely N-dealkylation sites (N-methyl/N-ethyl adjacent to an activating group) is 1. The molecule has 3 aromatic heterocycles. The number of nitrogen functional groups attached to an aromatic ring is 1. The van der Waals surface area contributed by atoms with Crippen LogP contribution in [-0.2, 0) is 0 Å². The molecule has 11 nitrogen and oxygen atoms in total. The van der Waals surface area contributed by atoms with Crippen LogP contribution in [0.4, 0.5) is 28.8 Å². The van der Waals surface area contributed by atoms with Gasteiger partial charge >= 0.3 is 12.0 Å². The molecule has 4 atom stereocenters. The van der Waals surface area contributed by atoms with Crippen molar-refractivity contribution in [2.45, 2.75) is 95.9 Å². The highest BCUT2D eigenvalue weighted by molar-refractivity contribution is 7.23. The maximum Gasteiger partial charge on any atom is 0.329 e. The van der Waals surface area contributed by atoms with Crippen molar-refractivity contribution in [3.8, 4) is 23.2 Å². The Labute approximate surface area is 326 Å². The average Bonchev–Trinajstić information content (AvgIpc) is 3.33. The number of aryl methyl sites for hydroxylation is 2. The van der Waals surface area contributed by atoms with Gasteiger partial charge in [0.25, 0.3) is 0 Å². The maximum atomic E-state index is 17.8. The van der Waals surface area contributed by atoms with E-state index in [0.717, 1.165) is 54.8 Å².